The van der Waals surface area contributed by atoms with Crippen molar-refractivity contribution in [1.82, 2.24) is 5.32 Å². The average Bonchev–Trinajstić information content (AvgIpc) is 2.42. The number of hydrogen-bond donors (Lipinski definition) is 1. The quantitative estimate of drug-likeness (QED) is 0.427. The van der Waals surface area contributed by atoms with E-state index in [1.807, 2.05) is 0 Å². The van der Waals surface area contributed by atoms with Gasteiger partial charge in [-0.2, -0.15) is 0 Å². The number of carbonyl (C=O) groups is 3. The number of amides is 1. The van der Waals surface area contributed by atoms with Crippen LogP contribution in [0.25, 0.3) is 0 Å². The Morgan fingerprint density at radius 3 is 2.30 bits per heavy atom. The maximum absolute atomic E-state index is 13.6. The van der Waals surface area contributed by atoms with Gasteiger partial charge in [0.05, 0.1) is 19.6 Å². The molecule has 0 aromatic rings. The van der Waals surface area contributed by atoms with E-state index in [2.05, 4.69) is 21.2 Å². The molecule has 0 rings (SSSR count). The SMILES string of the molecule is CCOC(=O)CC[C@H](NC(=O)CC(F)CC(C)Br)C(=O)OCC. The maximum atomic E-state index is 13.6. The molecule has 6 nitrogen and oxygen atoms in total. The lowest BCUT2D eigenvalue weighted by Crippen LogP contribution is -2.43. The van der Waals surface area contributed by atoms with Gasteiger partial charge in [-0.25, -0.2) is 9.18 Å². The van der Waals surface area contributed by atoms with Gasteiger partial charge in [0.15, 0.2) is 0 Å². The van der Waals surface area contributed by atoms with E-state index >= 15 is 0 Å². The minimum atomic E-state index is -1.31. The summed E-state index contributed by atoms with van der Waals surface area (Å²) in [6.07, 6.45) is -1.44. The van der Waals surface area contributed by atoms with Crippen molar-refractivity contribution in [3.8, 4) is 0 Å². The van der Waals surface area contributed by atoms with Gasteiger partial charge < -0.3 is 14.8 Å². The zero-order valence-corrected chi connectivity index (χ0v) is 15.4. The average molecular weight is 398 g/mol. The Balaban J connectivity index is 4.52. The molecule has 0 spiro atoms. The number of ether oxygens (including phenoxy) is 2. The first-order chi connectivity index (χ1) is 10.8. The summed E-state index contributed by atoms with van der Waals surface area (Å²) in [5.74, 6) is -1.70. The van der Waals surface area contributed by atoms with Crippen LogP contribution in [0.3, 0.4) is 0 Å². The molecule has 0 saturated carbocycles. The second-order valence-corrected chi connectivity index (χ2v) is 6.60. The van der Waals surface area contributed by atoms with Gasteiger partial charge in [0.1, 0.15) is 12.2 Å². The van der Waals surface area contributed by atoms with Gasteiger partial charge in [-0.3, -0.25) is 9.59 Å². The molecular weight excluding hydrogens is 373 g/mol. The molecule has 0 aromatic heterocycles. The van der Waals surface area contributed by atoms with Crippen LogP contribution in [0, 0.1) is 0 Å². The number of nitrogens with one attached hydrogen (secondary N) is 1. The molecule has 0 aliphatic carbocycles. The van der Waals surface area contributed by atoms with E-state index in [1.54, 1.807) is 20.8 Å². The molecule has 0 aromatic carbocycles. The first-order valence-corrected chi connectivity index (χ1v) is 8.61. The van der Waals surface area contributed by atoms with Crippen LogP contribution in [0.15, 0.2) is 0 Å². The number of rotatable bonds is 11. The van der Waals surface area contributed by atoms with Crippen molar-refractivity contribution < 1.29 is 28.2 Å². The van der Waals surface area contributed by atoms with Crippen LogP contribution in [-0.2, 0) is 23.9 Å². The summed E-state index contributed by atoms with van der Waals surface area (Å²) in [6.45, 7) is 5.48. The standard InChI is InChI=1S/C15H25BrFNO5/c1-4-22-14(20)7-6-12(15(21)23-5-2)18-13(19)9-11(17)8-10(3)16/h10-12H,4-9H2,1-3H3,(H,18,19)/t10?,11?,12-/m0/s1. The number of esters is 2. The summed E-state index contributed by atoms with van der Waals surface area (Å²) < 4.78 is 23.3. The first kappa shape index (κ1) is 21.8. The lowest BCUT2D eigenvalue weighted by atomic mass is 10.1. The molecule has 1 N–H and O–H groups in total. The van der Waals surface area contributed by atoms with Crippen molar-refractivity contribution in [1.29, 1.82) is 0 Å². The van der Waals surface area contributed by atoms with E-state index in [9.17, 15) is 18.8 Å². The highest BCUT2D eigenvalue weighted by molar-refractivity contribution is 9.09. The predicted octanol–water partition coefficient (Wildman–Crippen LogP) is 2.28. The largest absolute Gasteiger partial charge is 0.466 e. The smallest absolute Gasteiger partial charge is 0.328 e. The van der Waals surface area contributed by atoms with Crippen LogP contribution in [0.2, 0.25) is 0 Å². The van der Waals surface area contributed by atoms with E-state index in [0.717, 1.165) is 0 Å². The Hall–Kier alpha value is -1.18. The van der Waals surface area contributed by atoms with Crippen molar-refractivity contribution in [2.45, 2.75) is 63.5 Å². The second-order valence-electron chi connectivity index (χ2n) is 5.03. The summed E-state index contributed by atoms with van der Waals surface area (Å²) in [5.41, 5.74) is 0. The van der Waals surface area contributed by atoms with E-state index < -0.39 is 30.1 Å². The molecule has 0 saturated heterocycles. The lowest BCUT2D eigenvalue weighted by molar-refractivity contribution is -0.149. The van der Waals surface area contributed by atoms with Crippen LogP contribution in [-0.4, -0.2) is 48.1 Å². The monoisotopic (exact) mass is 397 g/mol. The third-order valence-electron chi connectivity index (χ3n) is 2.84. The van der Waals surface area contributed by atoms with Gasteiger partial charge in [-0.05, 0) is 26.7 Å². The van der Waals surface area contributed by atoms with Gasteiger partial charge in [0.2, 0.25) is 5.91 Å². The molecule has 1 amide bonds. The molecule has 0 heterocycles. The van der Waals surface area contributed by atoms with Crippen molar-refractivity contribution in [2.75, 3.05) is 13.2 Å². The fourth-order valence-corrected chi connectivity index (χ4v) is 2.28. The van der Waals surface area contributed by atoms with Crippen LogP contribution in [0.5, 0.6) is 0 Å². The molecule has 0 aliphatic rings. The van der Waals surface area contributed by atoms with Crippen molar-refractivity contribution >= 4 is 33.8 Å². The van der Waals surface area contributed by atoms with E-state index in [-0.39, 0.29) is 43.7 Å². The molecule has 0 bridgehead atoms. The normalized spacial score (nSPS) is 14.5. The summed E-state index contributed by atoms with van der Waals surface area (Å²) in [4.78, 5) is 35.0. The third-order valence-corrected chi connectivity index (χ3v) is 3.21. The molecule has 0 aliphatic heterocycles. The Bertz CT molecular complexity index is 392. The van der Waals surface area contributed by atoms with Crippen molar-refractivity contribution in [2.24, 2.45) is 0 Å². The van der Waals surface area contributed by atoms with Gasteiger partial charge in [-0.15, -0.1) is 0 Å². The lowest BCUT2D eigenvalue weighted by Gasteiger charge is -2.18. The van der Waals surface area contributed by atoms with Gasteiger partial charge in [-0.1, -0.05) is 22.9 Å². The number of hydrogen-bond acceptors (Lipinski definition) is 5. The summed E-state index contributed by atoms with van der Waals surface area (Å²) in [6, 6.07) is -0.986. The highest BCUT2D eigenvalue weighted by Gasteiger charge is 2.25. The van der Waals surface area contributed by atoms with E-state index in [0.29, 0.717) is 0 Å². The molecule has 8 heteroatoms. The van der Waals surface area contributed by atoms with E-state index in [1.165, 1.54) is 0 Å². The summed E-state index contributed by atoms with van der Waals surface area (Å²) in [5, 5.41) is 2.43. The molecule has 2 unspecified atom stereocenters. The molecule has 3 atom stereocenters. The molecule has 23 heavy (non-hydrogen) atoms. The molecule has 0 radical (unpaired) electrons. The van der Waals surface area contributed by atoms with Gasteiger partial charge in [0, 0.05) is 11.2 Å². The first-order valence-electron chi connectivity index (χ1n) is 7.69. The fraction of sp³-hybridized carbons (Fsp3) is 0.800. The van der Waals surface area contributed by atoms with Crippen molar-refractivity contribution in [3.63, 3.8) is 0 Å². The van der Waals surface area contributed by atoms with Gasteiger partial charge >= 0.3 is 11.9 Å². The zero-order chi connectivity index (χ0) is 17.8. The van der Waals surface area contributed by atoms with Crippen LogP contribution >= 0.6 is 15.9 Å². The number of halogens is 2. The highest BCUT2D eigenvalue weighted by atomic mass is 79.9. The number of carbonyl (C=O) groups excluding carboxylic acids is 3. The second kappa shape index (κ2) is 12.3. The van der Waals surface area contributed by atoms with Crippen LogP contribution in [0.4, 0.5) is 4.39 Å². The van der Waals surface area contributed by atoms with Crippen molar-refractivity contribution in [3.05, 3.63) is 0 Å². The molecule has 134 valence electrons. The topological polar surface area (TPSA) is 81.7 Å². The minimum Gasteiger partial charge on any atom is -0.466 e. The van der Waals surface area contributed by atoms with Crippen LogP contribution in [0.1, 0.15) is 46.5 Å². The fourth-order valence-electron chi connectivity index (χ4n) is 1.88. The molecule has 0 fully saturated rings. The minimum absolute atomic E-state index is 0.0327. The molecular formula is C15H25BrFNO5. The third kappa shape index (κ3) is 11.1. The maximum Gasteiger partial charge on any atom is 0.328 e. The summed E-state index contributed by atoms with van der Waals surface area (Å²) >= 11 is 3.22. The highest BCUT2D eigenvalue weighted by Crippen LogP contribution is 2.13. The Kier molecular flexibility index (Phi) is 11.6. The van der Waals surface area contributed by atoms with Gasteiger partial charge in [0.25, 0.3) is 0 Å². The Morgan fingerprint density at radius 2 is 1.78 bits per heavy atom. The Morgan fingerprint density at radius 1 is 1.17 bits per heavy atom. The Labute approximate surface area is 144 Å². The zero-order valence-electron chi connectivity index (χ0n) is 13.8. The number of alkyl halides is 2. The summed E-state index contributed by atoms with van der Waals surface area (Å²) in [7, 11) is 0. The predicted molar refractivity (Wildman–Crippen MR) is 86.9 cm³/mol. The van der Waals surface area contributed by atoms with E-state index in [4.69, 9.17) is 9.47 Å². The van der Waals surface area contributed by atoms with Crippen LogP contribution < -0.4 is 5.32 Å².